The summed E-state index contributed by atoms with van der Waals surface area (Å²) in [5.74, 6) is 4.30. The Bertz CT molecular complexity index is 591. The van der Waals surface area contributed by atoms with Crippen LogP contribution in [-0.4, -0.2) is 26.7 Å². The molecule has 1 rings (SSSR count). The topological polar surface area (TPSA) is 78.4 Å². The lowest BCUT2D eigenvalue weighted by Crippen LogP contribution is -2.30. The van der Waals surface area contributed by atoms with Crippen molar-refractivity contribution in [2.24, 2.45) is 0 Å². The van der Waals surface area contributed by atoms with Gasteiger partial charge in [-0.2, -0.15) is 13.1 Å². The zero-order valence-electron chi connectivity index (χ0n) is 10.4. The highest BCUT2D eigenvalue weighted by molar-refractivity contribution is 7.90. The van der Waals surface area contributed by atoms with Crippen LogP contribution in [0.1, 0.15) is 18.9 Å². The molecule has 0 atom stereocenters. The van der Waals surface area contributed by atoms with Gasteiger partial charge in [-0.3, -0.25) is 4.72 Å². The molecule has 0 radical (unpaired) electrons. The fourth-order valence-electron chi connectivity index (χ4n) is 1.26. The lowest BCUT2D eigenvalue weighted by molar-refractivity contribution is 0.350. The third-order valence-electron chi connectivity index (χ3n) is 2.07. The van der Waals surface area contributed by atoms with E-state index in [9.17, 15) is 12.8 Å². The summed E-state index contributed by atoms with van der Waals surface area (Å²) in [6.07, 6.45) is 0.654. The molecule has 0 amide bonds. The van der Waals surface area contributed by atoms with Crippen LogP contribution in [-0.2, 0) is 10.2 Å². The van der Waals surface area contributed by atoms with E-state index in [0.717, 1.165) is 12.1 Å². The van der Waals surface area contributed by atoms with Crippen LogP contribution >= 0.6 is 0 Å². The van der Waals surface area contributed by atoms with E-state index in [1.807, 2.05) is 6.92 Å². The van der Waals surface area contributed by atoms with Crippen LogP contribution in [0.3, 0.4) is 0 Å². The Morgan fingerprint density at radius 3 is 2.79 bits per heavy atom. The fourth-order valence-corrected chi connectivity index (χ4v) is 2.27. The number of anilines is 1. The molecule has 0 saturated heterocycles. The van der Waals surface area contributed by atoms with Gasteiger partial charge in [0.1, 0.15) is 12.4 Å². The number of benzene rings is 1. The standard InChI is InChI=1S/C12H15FN2O3S/c1-2-7-14-19(17,18)15-12-6-5-11(13)9-10(12)4-3-8-16/h5-6,9,14-16H,2,7-8H2,1H3. The van der Waals surface area contributed by atoms with Crippen LogP contribution in [0.25, 0.3) is 0 Å². The van der Waals surface area contributed by atoms with Crippen LogP contribution in [0, 0.1) is 17.7 Å². The Balaban J connectivity index is 3.00. The van der Waals surface area contributed by atoms with E-state index < -0.39 is 22.6 Å². The molecule has 0 unspecified atom stereocenters. The van der Waals surface area contributed by atoms with Gasteiger partial charge in [0.05, 0.1) is 11.3 Å². The van der Waals surface area contributed by atoms with Gasteiger partial charge in [0.15, 0.2) is 0 Å². The van der Waals surface area contributed by atoms with Crippen molar-refractivity contribution in [3.8, 4) is 11.8 Å². The Hall–Kier alpha value is -1.62. The lowest BCUT2D eigenvalue weighted by Gasteiger charge is -2.10. The van der Waals surface area contributed by atoms with Gasteiger partial charge in [-0.1, -0.05) is 18.8 Å². The highest BCUT2D eigenvalue weighted by Crippen LogP contribution is 2.17. The molecule has 1 aromatic carbocycles. The summed E-state index contributed by atoms with van der Waals surface area (Å²) in [5.41, 5.74) is 0.321. The lowest BCUT2D eigenvalue weighted by atomic mass is 10.2. The fraction of sp³-hybridized carbons (Fsp3) is 0.333. The molecule has 104 valence electrons. The van der Waals surface area contributed by atoms with Crippen molar-refractivity contribution < 1.29 is 17.9 Å². The first-order valence-corrected chi connectivity index (χ1v) is 7.13. The van der Waals surface area contributed by atoms with Crippen LogP contribution in [0.5, 0.6) is 0 Å². The minimum Gasteiger partial charge on any atom is -0.384 e. The van der Waals surface area contributed by atoms with Gasteiger partial charge in [0.2, 0.25) is 0 Å². The second-order valence-electron chi connectivity index (χ2n) is 3.65. The second-order valence-corrected chi connectivity index (χ2v) is 5.15. The van der Waals surface area contributed by atoms with E-state index in [1.54, 1.807) is 0 Å². The maximum Gasteiger partial charge on any atom is 0.299 e. The molecule has 0 fully saturated rings. The van der Waals surface area contributed by atoms with Crippen molar-refractivity contribution in [1.82, 2.24) is 4.72 Å². The molecule has 3 N–H and O–H groups in total. The van der Waals surface area contributed by atoms with Crippen LogP contribution in [0.2, 0.25) is 0 Å². The summed E-state index contributed by atoms with van der Waals surface area (Å²) < 4.78 is 41.0. The summed E-state index contributed by atoms with van der Waals surface area (Å²) in [7, 11) is -3.71. The van der Waals surface area contributed by atoms with Crippen molar-refractivity contribution in [3.05, 3.63) is 29.6 Å². The molecule has 5 nitrogen and oxygen atoms in total. The smallest absolute Gasteiger partial charge is 0.299 e. The summed E-state index contributed by atoms with van der Waals surface area (Å²) in [5, 5.41) is 8.62. The molecule has 19 heavy (non-hydrogen) atoms. The van der Waals surface area contributed by atoms with E-state index in [-0.39, 0.29) is 11.3 Å². The number of hydrogen-bond donors (Lipinski definition) is 3. The minimum absolute atomic E-state index is 0.158. The zero-order chi connectivity index (χ0) is 14.3. The van der Waals surface area contributed by atoms with Crippen molar-refractivity contribution in [2.45, 2.75) is 13.3 Å². The third kappa shape index (κ3) is 5.26. The molecule has 0 spiro atoms. The first kappa shape index (κ1) is 15.4. The SMILES string of the molecule is CCCNS(=O)(=O)Nc1ccc(F)cc1C#CCO. The minimum atomic E-state index is -3.71. The van der Waals surface area contributed by atoms with Gasteiger partial charge in [-0.25, -0.2) is 4.39 Å². The third-order valence-corrected chi connectivity index (χ3v) is 3.14. The number of nitrogens with one attached hydrogen (secondary N) is 2. The summed E-state index contributed by atoms with van der Waals surface area (Å²) in [4.78, 5) is 0. The highest BCUT2D eigenvalue weighted by atomic mass is 32.2. The first-order chi connectivity index (χ1) is 8.98. The molecule has 0 bridgehead atoms. The molecule has 0 aromatic heterocycles. The number of aliphatic hydroxyl groups excluding tert-OH is 1. The normalized spacial score (nSPS) is 10.7. The first-order valence-electron chi connectivity index (χ1n) is 5.65. The van der Waals surface area contributed by atoms with Crippen LogP contribution in [0.4, 0.5) is 10.1 Å². The highest BCUT2D eigenvalue weighted by Gasteiger charge is 2.11. The van der Waals surface area contributed by atoms with Crippen molar-refractivity contribution >= 4 is 15.9 Å². The van der Waals surface area contributed by atoms with Gasteiger partial charge in [0, 0.05) is 6.54 Å². The van der Waals surface area contributed by atoms with Crippen molar-refractivity contribution in [1.29, 1.82) is 0 Å². The molecule has 0 aliphatic rings. The maximum atomic E-state index is 13.1. The van der Waals surface area contributed by atoms with E-state index in [2.05, 4.69) is 21.3 Å². The number of aliphatic hydroxyl groups is 1. The van der Waals surface area contributed by atoms with Crippen molar-refractivity contribution in [2.75, 3.05) is 17.9 Å². The van der Waals surface area contributed by atoms with Crippen LogP contribution in [0.15, 0.2) is 18.2 Å². The molecule has 1 aromatic rings. The Kier molecular flexibility index (Phi) is 5.76. The Morgan fingerprint density at radius 1 is 1.42 bits per heavy atom. The van der Waals surface area contributed by atoms with Gasteiger partial charge in [-0.15, -0.1) is 0 Å². The summed E-state index contributed by atoms with van der Waals surface area (Å²) >= 11 is 0. The van der Waals surface area contributed by atoms with Gasteiger partial charge in [0.25, 0.3) is 10.2 Å². The quantitative estimate of drug-likeness (QED) is 0.701. The molecule has 7 heteroatoms. The van der Waals surface area contributed by atoms with Crippen LogP contribution < -0.4 is 9.44 Å². The molecule has 0 aliphatic heterocycles. The molecular formula is C12H15FN2O3S. The van der Waals surface area contributed by atoms with Gasteiger partial charge in [-0.05, 0) is 24.6 Å². The molecular weight excluding hydrogens is 271 g/mol. The molecule has 0 saturated carbocycles. The zero-order valence-corrected chi connectivity index (χ0v) is 11.2. The van der Waals surface area contributed by atoms with E-state index >= 15 is 0 Å². The number of rotatable bonds is 5. The predicted octanol–water partition coefficient (Wildman–Crippen LogP) is 0.826. The average Bonchev–Trinajstić information content (AvgIpc) is 2.36. The Morgan fingerprint density at radius 2 is 2.16 bits per heavy atom. The van der Waals surface area contributed by atoms with E-state index in [0.29, 0.717) is 13.0 Å². The largest absolute Gasteiger partial charge is 0.384 e. The summed E-state index contributed by atoms with van der Waals surface area (Å²) in [6, 6.07) is 3.50. The van der Waals surface area contributed by atoms with E-state index in [1.165, 1.54) is 6.07 Å². The molecule has 0 heterocycles. The number of hydrogen-bond acceptors (Lipinski definition) is 3. The monoisotopic (exact) mass is 286 g/mol. The van der Waals surface area contributed by atoms with Crippen molar-refractivity contribution in [3.63, 3.8) is 0 Å². The predicted molar refractivity (Wildman–Crippen MR) is 71.2 cm³/mol. The Labute approximate surface area is 112 Å². The van der Waals surface area contributed by atoms with Gasteiger partial charge < -0.3 is 5.11 Å². The van der Waals surface area contributed by atoms with E-state index in [4.69, 9.17) is 5.11 Å². The number of halogens is 1. The average molecular weight is 286 g/mol. The summed E-state index contributed by atoms with van der Waals surface area (Å²) in [6.45, 7) is 1.74. The second kappa shape index (κ2) is 7.09. The molecule has 0 aliphatic carbocycles. The maximum absolute atomic E-state index is 13.1. The van der Waals surface area contributed by atoms with Gasteiger partial charge >= 0.3 is 0 Å².